The summed E-state index contributed by atoms with van der Waals surface area (Å²) in [4.78, 5) is 2.88. The first-order valence-corrected chi connectivity index (χ1v) is 5.86. The van der Waals surface area contributed by atoms with Crippen molar-refractivity contribution >= 4 is 5.69 Å². The van der Waals surface area contributed by atoms with Crippen LogP contribution in [0.15, 0.2) is 23.3 Å². The SMILES string of the molecule is CC(C)(C)c1cc(N=[N+]=[N-])cc(C(C)(C)C)c1. The molecule has 0 atom stereocenters. The molecule has 1 rings (SSSR count). The van der Waals surface area contributed by atoms with Crippen LogP contribution in [0.1, 0.15) is 52.7 Å². The van der Waals surface area contributed by atoms with Crippen molar-refractivity contribution in [3.63, 3.8) is 0 Å². The van der Waals surface area contributed by atoms with E-state index in [2.05, 4.69) is 57.6 Å². The maximum Gasteiger partial charge on any atom is 0.0381 e. The quantitative estimate of drug-likeness (QED) is 0.361. The summed E-state index contributed by atoms with van der Waals surface area (Å²) in [5.41, 5.74) is 11.8. The summed E-state index contributed by atoms with van der Waals surface area (Å²) in [5, 5.41) is 3.74. The van der Waals surface area contributed by atoms with Crippen LogP contribution in [0.2, 0.25) is 0 Å². The van der Waals surface area contributed by atoms with Gasteiger partial charge in [-0.15, -0.1) is 0 Å². The molecule has 0 fully saturated rings. The topological polar surface area (TPSA) is 48.8 Å². The molecule has 92 valence electrons. The van der Waals surface area contributed by atoms with Gasteiger partial charge < -0.3 is 0 Å². The van der Waals surface area contributed by atoms with Crippen LogP contribution in [0.4, 0.5) is 5.69 Å². The molecule has 0 N–H and O–H groups in total. The highest BCUT2D eigenvalue weighted by atomic mass is 15.1. The minimum Gasteiger partial charge on any atom is -0.0608 e. The van der Waals surface area contributed by atoms with Crippen molar-refractivity contribution in [2.75, 3.05) is 0 Å². The van der Waals surface area contributed by atoms with Gasteiger partial charge in [0, 0.05) is 10.6 Å². The van der Waals surface area contributed by atoms with Gasteiger partial charge in [0.1, 0.15) is 0 Å². The van der Waals surface area contributed by atoms with Crippen molar-refractivity contribution in [2.45, 2.75) is 52.4 Å². The van der Waals surface area contributed by atoms with Gasteiger partial charge in [0.25, 0.3) is 0 Å². The lowest BCUT2D eigenvalue weighted by Crippen LogP contribution is -2.16. The highest BCUT2D eigenvalue weighted by Crippen LogP contribution is 2.32. The highest BCUT2D eigenvalue weighted by Gasteiger charge is 2.20. The lowest BCUT2D eigenvalue weighted by atomic mass is 9.80. The Labute approximate surface area is 103 Å². The Morgan fingerprint density at radius 3 is 1.59 bits per heavy atom. The summed E-state index contributed by atoms with van der Waals surface area (Å²) >= 11 is 0. The van der Waals surface area contributed by atoms with E-state index >= 15 is 0 Å². The Bertz CT molecular complexity index is 423. The van der Waals surface area contributed by atoms with Gasteiger partial charge in [0.2, 0.25) is 0 Å². The fourth-order valence-electron chi connectivity index (χ4n) is 1.59. The molecule has 0 unspecified atom stereocenters. The van der Waals surface area contributed by atoms with Gasteiger partial charge in [0.15, 0.2) is 0 Å². The summed E-state index contributed by atoms with van der Waals surface area (Å²) in [6.45, 7) is 13.0. The normalized spacial score (nSPS) is 12.1. The molecule has 1 aromatic carbocycles. The van der Waals surface area contributed by atoms with Crippen LogP contribution in [0.3, 0.4) is 0 Å². The summed E-state index contributed by atoms with van der Waals surface area (Å²) in [5.74, 6) is 0. The van der Waals surface area contributed by atoms with Crippen LogP contribution in [-0.4, -0.2) is 0 Å². The smallest absolute Gasteiger partial charge is 0.0381 e. The summed E-state index contributed by atoms with van der Waals surface area (Å²) < 4.78 is 0. The molecule has 0 aliphatic carbocycles. The second kappa shape index (κ2) is 4.42. The number of azide groups is 1. The van der Waals surface area contributed by atoms with Crippen molar-refractivity contribution in [3.8, 4) is 0 Å². The molecular formula is C14H21N3. The van der Waals surface area contributed by atoms with Crippen molar-refractivity contribution in [3.05, 3.63) is 39.8 Å². The number of hydrogen-bond donors (Lipinski definition) is 0. The number of rotatable bonds is 1. The minimum atomic E-state index is 0.0565. The summed E-state index contributed by atoms with van der Waals surface area (Å²) in [6.07, 6.45) is 0. The average molecular weight is 231 g/mol. The van der Waals surface area contributed by atoms with Gasteiger partial charge in [0.05, 0.1) is 0 Å². The molecule has 0 saturated carbocycles. The highest BCUT2D eigenvalue weighted by molar-refractivity contribution is 5.48. The third kappa shape index (κ3) is 3.50. The Kier molecular flexibility index (Phi) is 3.53. The van der Waals surface area contributed by atoms with E-state index < -0.39 is 0 Å². The molecule has 3 heteroatoms. The zero-order valence-corrected chi connectivity index (χ0v) is 11.6. The lowest BCUT2D eigenvalue weighted by Gasteiger charge is -2.25. The first-order chi connectivity index (χ1) is 7.64. The zero-order chi connectivity index (χ0) is 13.3. The molecule has 0 aliphatic heterocycles. The summed E-state index contributed by atoms with van der Waals surface area (Å²) in [7, 11) is 0. The van der Waals surface area contributed by atoms with E-state index in [4.69, 9.17) is 5.53 Å². The standard InChI is InChI=1S/C14H21N3/c1-13(2,3)10-7-11(14(4,5)6)9-12(8-10)16-17-15/h7-9H,1-6H3. The molecule has 0 bridgehead atoms. The van der Waals surface area contributed by atoms with E-state index in [9.17, 15) is 0 Å². The van der Waals surface area contributed by atoms with Crippen LogP contribution in [0.5, 0.6) is 0 Å². The first kappa shape index (κ1) is 13.6. The van der Waals surface area contributed by atoms with Crippen LogP contribution in [-0.2, 0) is 10.8 Å². The molecule has 0 heterocycles. The van der Waals surface area contributed by atoms with Crippen molar-refractivity contribution in [2.24, 2.45) is 5.11 Å². The molecule has 1 aromatic rings. The van der Waals surface area contributed by atoms with E-state index in [0.29, 0.717) is 5.69 Å². The predicted molar refractivity (Wildman–Crippen MR) is 72.6 cm³/mol. The van der Waals surface area contributed by atoms with E-state index in [1.165, 1.54) is 11.1 Å². The predicted octanol–water partition coefficient (Wildman–Crippen LogP) is 5.22. The van der Waals surface area contributed by atoms with E-state index in [1.807, 2.05) is 12.1 Å². The third-order valence-corrected chi connectivity index (χ3v) is 2.81. The van der Waals surface area contributed by atoms with Crippen LogP contribution < -0.4 is 0 Å². The Morgan fingerprint density at radius 2 is 1.29 bits per heavy atom. The van der Waals surface area contributed by atoms with E-state index in [-0.39, 0.29) is 10.8 Å². The molecular weight excluding hydrogens is 210 g/mol. The minimum absolute atomic E-state index is 0.0565. The van der Waals surface area contributed by atoms with Gasteiger partial charge in [-0.3, -0.25) is 0 Å². The molecule has 0 amide bonds. The third-order valence-electron chi connectivity index (χ3n) is 2.81. The maximum absolute atomic E-state index is 8.57. The molecule has 3 nitrogen and oxygen atoms in total. The van der Waals surface area contributed by atoms with Crippen LogP contribution in [0.25, 0.3) is 10.4 Å². The Balaban J connectivity index is 3.44. The van der Waals surface area contributed by atoms with Crippen LogP contribution >= 0.6 is 0 Å². The molecule has 0 spiro atoms. The van der Waals surface area contributed by atoms with Gasteiger partial charge in [-0.05, 0) is 39.6 Å². The second-order valence-corrected chi connectivity index (χ2v) is 6.46. The second-order valence-electron chi connectivity index (χ2n) is 6.46. The molecule has 0 radical (unpaired) electrons. The van der Waals surface area contributed by atoms with Gasteiger partial charge in [-0.2, -0.15) is 0 Å². The van der Waals surface area contributed by atoms with Crippen molar-refractivity contribution < 1.29 is 0 Å². The van der Waals surface area contributed by atoms with Crippen molar-refractivity contribution in [1.82, 2.24) is 0 Å². The maximum atomic E-state index is 8.57. The van der Waals surface area contributed by atoms with Gasteiger partial charge in [-0.25, -0.2) is 0 Å². The molecule has 17 heavy (non-hydrogen) atoms. The van der Waals surface area contributed by atoms with Crippen molar-refractivity contribution in [1.29, 1.82) is 0 Å². The summed E-state index contributed by atoms with van der Waals surface area (Å²) in [6, 6.07) is 6.14. The fraction of sp³-hybridized carbons (Fsp3) is 0.571. The molecule has 0 saturated heterocycles. The van der Waals surface area contributed by atoms with Crippen LogP contribution in [0, 0.1) is 0 Å². The Morgan fingerprint density at radius 1 is 0.882 bits per heavy atom. The van der Waals surface area contributed by atoms with Gasteiger partial charge >= 0.3 is 0 Å². The molecule has 0 aliphatic rings. The fourth-order valence-corrected chi connectivity index (χ4v) is 1.59. The number of nitrogens with zero attached hydrogens (tertiary/aromatic N) is 3. The lowest BCUT2D eigenvalue weighted by molar-refractivity contribution is 0.569. The monoisotopic (exact) mass is 231 g/mol. The van der Waals surface area contributed by atoms with E-state index in [1.54, 1.807) is 0 Å². The Hall–Kier alpha value is -1.47. The largest absolute Gasteiger partial charge is 0.0608 e. The number of hydrogen-bond acceptors (Lipinski definition) is 1. The first-order valence-electron chi connectivity index (χ1n) is 5.86. The molecule has 0 aromatic heterocycles. The average Bonchev–Trinajstić information content (AvgIpc) is 2.15. The number of benzene rings is 1. The van der Waals surface area contributed by atoms with E-state index in [0.717, 1.165) is 0 Å². The van der Waals surface area contributed by atoms with Gasteiger partial charge in [-0.1, -0.05) is 52.7 Å². The zero-order valence-electron chi connectivity index (χ0n) is 11.6.